The SMILES string of the molecule is O=[N+]([O-])[O][Yb]([OH])([OH])([OH])[OH]. The fraction of sp³-hybridized carbons (Fsp3) is 0. The van der Waals surface area contributed by atoms with Crippen LogP contribution in [0.4, 0.5) is 0 Å². The van der Waals surface area contributed by atoms with Gasteiger partial charge in [-0.25, -0.2) is 0 Å². The molecule has 0 atom stereocenters. The molecule has 0 rings (SSSR count). The summed E-state index contributed by atoms with van der Waals surface area (Å²) in [5.74, 6) is 0. The van der Waals surface area contributed by atoms with Gasteiger partial charge in [-0.3, -0.25) is 0 Å². The van der Waals surface area contributed by atoms with Crippen LogP contribution >= 0.6 is 0 Å². The molecule has 9 heavy (non-hydrogen) atoms. The van der Waals surface area contributed by atoms with Crippen molar-refractivity contribution in [2.24, 2.45) is 0 Å². The van der Waals surface area contributed by atoms with Crippen LogP contribution in [0.15, 0.2) is 0 Å². The van der Waals surface area contributed by atoms with Crippen LogP contribution in [-0.2, 0) is 0.405 Å². The Bertz CT molecular complexity index is 120. The summed E-state index contributed by atoms with van der Waals surface area (Å²) in [6, 6.07) is 0. The summed E-state index contributed by atoms with van der Waals surface area (Å²) < 4.78 is 34.0. The average Bonchev–Trinajstić information content (AvgIpc) is 1.16. The van der Waals surface area contributed by atoms with Crippen molar-refractivity contribution in [3.63, 3.8) is 0 Å². The molecule has 0 aromatic heterocycles. The van der Waals surface area contributed by atoms with E-state index in [0.717, 1.165) is 0 Å². The predicted molar refractivity (Wildman–Crippen MR) is 17.0 cm³/mol. The summed E-state index contributed by atoms with van der Waals surface area (Å²) in [4.78, 5) is 9.20. The van der Waals surface area contributed by atoms with E-state index in [4.69, 9.17) is 2.70 Å². The van der Waals surface area contributed by atoms with Gasteiger partial charge in [0, 0.05) is 0 Å². The van der Waals surface area contributed by atoms with Gasteiger partial charge in [0.2, 0.25) is 0 Å². The summed E-state index contributed by atoms with van der Waals surface area (Å²) in [7, 11) is 0. The molecule has 0 saturated carbocycles. The Balaban J connectivity index is 4.05. The minimum absolute atomic E-state index is 1.71. The Kier molecular flexibility index (Phi) is 2.45. The third-order valence-electron chi connectivity index (χ3n) is 0.127. The molecule has 4 N–H and O–H groups in total. The van der Waals surface area contributed by atoms with Crippen LogP contribution in [0.5, 0.6) is 0 Å². The molecule has 0 aliphatic rings. The van der Waals surface area contributed by atoms with Crippen molar-refractivity contribution in [2.45, 2.75) is 0 Å². The van der Waals surface area contributed by atoms with Crippen LogP contribution in [0.3, 0.4) is 0 Å². The molecular formula is H4NO7Yb. The van der Waals surface area contributed by atoms with Crippen molar-refractivity contribution in [1.29, 1.82) is 0 Å². The molecule has 0 spiro atoms. The van der Waals surface area contributed by atoms with Crippen LogP contribution in [0.2, 0.25) is 0 Å². The normalized spacial score (nSPS) is 15.8. The van der Waals surface area contributed by atoms with E-state index in [1.54, 1.807) is 0 Å². The summed E-state index contributed by atoms with van der Waals surface area (Å²) >= 11 is -6.70. The number of rotatable bonds is 2. The van der Waals surface area contributed by atoms with Gasteiger partial charge >= 0.3 is 57.1 Å². The third kappa shape index (κ3) is 8.56. The van der Waals surface area contributed by atoms with E-state index in [-0.39, 0.29) is 0 Å². The van der Waals surface area contributed by atoms with Crippen LogP contribution in [-0.4, -0.2) is 7.78 Å². The van der Waals surface area contributed by atoms with Gasteiger partial charge in [-0.2, -0.15) is 0 Å². The van der Waals surface area contributed by atoms with E-state index in [0.29, 0.717) is 0 Å². The zero-order valence-corrected chi connectivity index (χ0v) is 5.44. The Morgan fingerprint density at radius 2 is 1.67 bits per heavy atom. The molecule has 8 nitrogen and oxygen atoms in total. The predicted octanol–water partition coefficient (Wildman–Crippen LogP) is -2.57. The van der Waals surface area contributed by atoms with Crippen LogP contribution in [0.1, 0.15) is 0 Å². The van der Waals surface area contributed by atoms with Crippen molar-refractivity contribution >= 4 is 0 Å². The van der Waals surface area contributed by atoms with Crippen molar-refractivity contribution < 1.29 is 46.9 Å². The maximum absolute atomic E-state index is 9.20. The van der Waals surface area contributed by atoms with E-state index in [2.05, 4.69) is 0.405 Å². The fourth-order valence-electron chi connectivity index (χ4n) is 0.0713. The molecule has 0 amide bonds. The number of nitrogens with zero attached hydrogens (tertiary/aromatic N) is 1. The molecule has 65 valence electrons. The van der Waals surface area contributed by atoms with Crippen molar-refractivity contribution in [3.8, 4) is 0 Å². The molecular weight excluding hydrogens is 299 g/mol. The van der Waals surface area contributed by atoms with Gasteiger partial charge in [0.1, 0.15) is 0 Å². The quantitative estimate of drug-likeness (QED) is 0.325. The zero-order chi connectivity index (χ0) is 7.73. The van der Waals surface area contributed by atoms with E-state index in [1.165, 1.54) is 0 Å². The van der Waals surface area contributed by atoms with E-state index in [9.17, 15) is 10.1 Å². The second-order valence-corrected chi connectivity index (χ2v) is 4.41. The van der Waals surface area contributed by atoms with E-state index in [1.807, 2.05) is 0 Å². The summed E-state index contributed by atoms with van der Waals surface area (Å²) in [5, 5.41) is 7.49. The molecule has 0 aliphatic carbocycles. The molecule has 0 unspecified atom stereocenters. The molecule has 0 radical (unpaired) electrons. The van der Waals surface area contributed by atoms with E-state index >= 15 is 0 Å². The van der Waals surface area contributed by atoms with Gasteiger partial charge in [-0.15, -0.1) is 0 Å². The molecule has 0 aliphatic heterocycles. The Labute approximate surface area is 56.3 Å². The molecule has 0 aromatic carbocycles. The fourth-order valence-corrected chi connectivity index (χ4v) is 0.529. The first kappa shape index (κ1) is 9.56. The molecule has 0 aromatic rings. The van der Waals surface area contributed by atoms with Gasteiger partial charge in [-0.05, 0) is 0 Å². The van der Waals surface area contributed by atoms with Gasteiger partial charge in [-0.1, -0.05) is 0 Å². The van der Waals surface area contributed by atoms with Gasteiger partial charge in [0.25, 0.3) is 0 Å². The molecule has 9 heteroatoms. The van der Waals surface area contributed by atoms with Gasteiger partial charge in [0.05, 0.1) is 0 Å². The monoisotopic (exact) mass is 304 g/mol. The first-order valence-electron chi connectivity index (χ1n) is 1.13. The average molecular weight is 303 g/mol. The van der Waals surface area contributed by atoms with Crippen LogP contribution in [0, 0.1) is 48.9 Å². The van der Waals surface area contributed by atoms with Gasteiger partial charge in [0.15, 0.2) is 0 Å². The molecule has 0 saturated heterocycles. The van der Waals surface area contributed by atoms with Crippen molar-refractivity contribution in [2.75, 3.05) is 0 Å². The number of hydrogen-bond acceptors (Lipinski definition) is 7. The Morgan fingerprint density at radius 1 is 1.33 bits per heavy atom. The van der Waals surface area contributed by atoms with Gasteiger partial charge < -0.3 is 0 Å². The minimum atomic E-state index is -6.70. The maximum atomic E-state index is 9.20. The number of hydrogen-bond donors (Lipinski definition) is 4. The molecule has 0 bridgehead atoms. The third-order valence-corrected chi connectivity index (χ3v) is 0.943. The molecule has 0 heterocycles. The zero-order valence-electron chi connectivity index (χ0n) is 3.73. The van der Waals surface area contributed by atoms with Crippen molar-refractivity contribution in [3.05, 3.63) is 10.1 Å². The topological polar surface area (TPSA) is 133 Å². The summed E-state index contributed by atoms with van der Waals surface area (Å²) in [6.07, 6.45) is 0. The van der Waals surface area contributed by atoms with Crippen LogP contribution < -0.4 is 0 Å². The standard InChI is InChI=1S/NO3.4H2O.Yb/c2-1(3)4;;;;;/h;4*1H2;/q-1;;;;;+5/p-4. The first-order valence-corrected chi connectivity index (χ1v) is 4.90. The first-order chi connectivity index (χ1) is 3.67. The Hall–Kier alpha value is 0.559. The Morgan fingerprint density at radius 3 is 1.67 bits per heavy atom. The van der Waals surface area contributed by atoms with E-state index < -0.39 is 43.8 Å². The molecule has 0 fully saturated rings. The van der Waals surface area contributed by atoms with Crippen LogP contribution in [0.25, 0.3) is 0 Å². The summed E-state index contributed by atoms with van der Waals surface area (Å²) in [6.45, 7) is 0. The van der Waals surface area contributed by atoms with Crippen molar-refractivity contribution in [1.82, 2.24) is 0 Å². The summed E-state index contributed by atoms with van der Waals surface area (Å²) in [5.41, 5.74) is 0. The second kappa shape index (κ2) is 2.31. The second-order valence-electron chi connectivity index (χ2n) is 0.788.